The molecule has 0 spiro atoms. The monoisotopic (exact) mass is 242 g/mol. The zero-order valence-corrected chi connectivity index (χ0v) is 11.6. The van der Waals surface area contributed by atoms with E-state index in [0.29, 0.717) is 5.41 Å². The molecule has 102 valence electrons. The molecule has 1 aliphatic rings. The van der Waals surface area contributed by atoms with Crippen molar-refractivity contribution in [3.05, 3.63) is 0 Å². The molecule has 0 saturated carbocycles. The largest absolute Gasteiger partial charge is 0.315 e. The standard InChI is InChI=1S/C13H30N4/c1-3-13(4-2)11-16-9-7-14-5-6-15-8-10-17-12-13/h14-17H,3-12H2,1-2H3. The van der Waals surface area contributed by atoms with Gasteiger partial charge in [0.1, 0.15) is 0 Å². The van der Waals surface area contributed by atoms with Crippen LogP contribution in [0.1, 0.15) is 26.7 Å². The van der Waals surface area contributed by atoms with Crippen LogP contribution in [0, 0.1) is 5.41 Å². The summed E-state index contributed by atoms with van der Waals surface area (Å²) in [5.74, 6) is 0. The van der Waals surface area contributed by atoms with Crippen molar-refractivity contribution < 1.29 is 0 Å². The SMILES string of the molecule is CCC1(CC)CNCCNCCNCCNC1. The molecule has 0 amide bonds. The second kappa shape index (κ2) is 8.86. The van der Waals surface area contributed by atoms with Gasteiger partial charge >= 0.3 is 0 Å². The Balaban J connectivity index is 2.41. The average Bonchev–Trinajstić information content (AvgIpc) is 2.39. The van der Waals surface area contributed by atoms with Crippen molar-refractivity contribution in [3.63, 3.8) is 0 Å². The topological polar surface area (TPSA) is 48.1 Å². The van der Waals surface area contributed by atoms with E-state index in [9.17, 15) is 0 Å². The average molecular weight is 242 g/mol. The molecular weight excluding hydrogens is 212 g/mol. The Labute approximate surface area is 106 Å². The van der Waals surface area contributed by atoms with Crippen molar-refractivity contribution in [1.29, 1.82) is 0 Å². The van der Waals surface area contributed by atoms with Crippen molar-refractivity contribution in [2.45, 2.75) is 26.7 Å². The van der Waals surface area contributed by atoms with Crippen LogP contribution in [0.5, 0.6) is 0 Å². The Morgan fingerprint density at radius 1 is 0.647 bits per heavy atom. The lowest BCUT2D eigenvalue weighted by molar-refractivity contribution is 0.238. The molecule has 1 saturated heterocycles. The maximum atomic E-state index is 3.59. The van der Waals surface area contributed by atoms with E-state index in [4.69, 9.17) is 0 Å². The molecule has 4 nitrogen and oxygen atoms in total. The van der Waals surface area contributed by atoms with Crippen LogP contribution in [0.15, 0.2) is 0 Å². The quantitative estimate of drug-likeness (QED) is 0.557. The summed E-state index contributed by atoms with van der Waals surface area (Å²) in [6.07, 6.45) is 2.48. The van der Waals surface area contributed by atoms with Crippen LogP contribution in [0.4, 0.5) is 0 Å². The van der Waals surface area contributed by atoms with E-state index >= 15 is 0 Å². The molecule has 1 heterocycles. The highest BCUT2D eigenvalue weighted by Crippen LogP contribution is 2.24. The van der Waals surface area contributed by atoms with Crippen molar-refractivity contribution in [2.75, 3.05) is 52.4 Å². The van der Waals surface area contributed by atoms with Gasteiger partial charge in [0.15, 0.2) is 0 Å². The van der Waals surface area contributed by atoms with Crippen molar-refractivity contribution in [1.82, 2.24) is 21.3 Å². The van der Waals surface area contributed by atoms with Crippen LogP contribution in [-0.4, -0.2) is 52.4 Å². The van der Waals surface area contributed by atoms with Gasteiger partial charge in [0, 0.05) is 52.4 Å². The lowest BCUT2D eigenvalue weighted by atomic mass is 9.82. The molecule has 1 fully saturated rings. The summed E-state index contributed by atoms with van der Waals surface area (Å²) in [6, 6.07) is 0. The Morgan fingerprint density at radius 3 is 1.35 bits per heavy atom. The first-order chi connectivity index (χ1) is 8.33. The van der Waals surface area contributed by atoms with Crippen LogP contribution in [0.25, 0.3) is 0 Å². The van der Waals surface area contributed by atoms with Gasteiger partial charge in [-0.2, -0.15) is 0 Å². The predicted molar refractivity (Wildman–Crippen MR) is 74.5 cm³/mol. The van der Waals surface area contributed by atoms with E-state index in [0.717, 1.165) is 52.4 Å². The highest BCUT2D eigenvalue weighted by molar-refractivity contribution is 4.82. The predicted octanol–water partition coefficient (Wildman–Crippen LogP) is 0.165. The maximum absolute atomic E-state index is 3.59. The zero-order valence-electron chi connectivity index (χ0n) is 11.6. The van der Waals surface area contributed by atoms with Crippen molar-refractivity contribution >= 4 is 0 Å². The van der Waals surface area contributed by atoms with E-state index in [1.807, 2.05) is 0 Å². The van der Waals surface area contributed by atoms with Gasteiger partial charge in [0.05, 0.1) is 0 Å². The summed E-state index contributed by atoms with van der Waals surface area (Å²) in [5.41, 5.74) is 0.425. The first-order valence-corrected chi connectivity index (χ1v) is 7.16. The van der Waals surface area contributed by atoms with Gasteiger partial charge < -0.3 is 21.3 Å². The molecule has 0 aliphatic carbocycles. The van der Waals surface area contributed by atoms with Crippen molar-refractivity contribution in [3.8, 4) is 0 Å². The lowest BCUT2D eigenvalue weighted by Crippen LogP contribution is -2.43. The van der Waals surface area contributed by atoms with Gasteiger partial charge in [0.2, 0.25) is 0 Å². The minimum Gasteiger partial charge on any atom is -0.315 e. The molecule has 0 atom stereocenters. The smallest absolute Gasteiger partial charge is 0.00772 e. The van der Waals surface area contributed by atoms with Crippen LogP contribution in [0.3, 0.4) is 0 Å². The summed E-state index contributed by atoms with van der Waals surface area (Å²) in [5, 5.41) is 14.1. The molecule has 1 aliphatic heterocycles. The fourth-order valence-corrected chi connectivity index (χ4v) is 2.30. The molecule has 0 unspecified atom stereocenters. The number of nitrogens with one attached hydrogen (secondary N) is 4. The summed E-state index contributed by atoms with van der Waals surface area (Å²) >= 11 is 0. The Hall–Kier alpha value is -0.160. The van der Waals surface area contributed by atoms with Crippen LogP contribution in [-0.2, 0) is 0 Å². The molecular formula is C13H30N4. The Morgan fingerprint density at radius 2 is 1.00 bits per heavy atom. The summed E-state index contributed by atoms with van der Waals surface area (Å²) < 4.78 is 0. The molecule has 1 rings (SSSR count). The van der Waals surface area contributed by atoms with E-state index in [1.165, 1.54) is 12.8 Å². The van der Waals surface area contributed by atoms with E-state index in [-0.39, 0.29) is 0 Å². The zero-order chi connectivity index (χ0) is 12.4. The van der Waals surface area contributed by atoms with Gasteiger partial charge in [-0.3, -0.25) is 0 Å². The summed E-state index contributed by atoms with van der Waals surface area (Å²) in [4.78, 5) is 0. The number of hydrogen-bond donors (Lipinski definition) is 4. The lowest BCUT2D eigenvalue weighted by Gasteiger charge is -2.32. The minimum atomic E-state index is 0.425. The van der Waals surface area contributed by atoms with Gasteiger partial charge in [-0.05, 0) is 18.3 Å². The second-order valence-electron chi connectivity index (χ2n) is 5.06. The van der Waals surface area contributed by atoms with E-state index in [1.54, 1.807) is 0 Å². The van der Waals surface area contributed by atoms with E-state index in [2.05, 4.69) is 35.1 Å². The van der Waals surface area contributed by atoms with Gasteiger partial charge in [0.25, 0.3) is 0 Å². The molecule has 0 aromatic heterocycles. The van der Waals surface area contributed by atoms with Crippen molar-refractivity contribution in [2.24, 2.45) is 5.41 Å². The second-order valence-corrected chi connectivity index (χ2v) is 5.06. The third-order valence-electron chi connectivity index (χ3n) is 3.94. The highest BCUT2D eigenvalue weighted by Gasteiger charge is 2.24. The molecule has 0 radical (unpaired) electrons. The number of rotatable bonds is 2. The first kappa shape index (κ1) is 14.9. The maximum Gasteiger partial charge on any atom is 0.00772 e. The van der Waals surface area contributed by atoms with E-state index < -0.39 is 0 Å². The fourth-order valence-electron chi connectivity index (χ4n) is 2.30. The summed E-state index contributed by atoms with van der Waals surface area (Å²) in [7, 11) is 0. The first-order valence-electron chi connectivity index (χ1n) is 7.16. The summed E-state index contributed by atoms with van der Waals surface area (Å²) in [6.45, 7) is 13.3. The van der Waals surface area contributed by atoms with Gasteiger partial charge in [-0.15, -0.1) is 0 Å². The molecule has 0 aromatic carbocycles. The minimum absolute atomic E-state index is 0.425. The third-order valence-corrected chi connectivity index (χ3v) is 3.94. The van der Waals surface area contributed by atoms with Gasteiger partial charge in [-0.1, -0.05) is 13.8 Å². The normalized spacial score (nSPS) is 24.4. The molecule has 0 aromatic rings. The van der Waals surface area contributed by atoms with Crippen LogP contribution >= 0.6 is 0 Å². The van der Waals surface area contributed by atoms with Crippen LogP contribution < -0.4 is 21.3 Å². The van der Waals surface area contributed by atoms with Gasteiger partial charge in [-0.25, -0.2) is 0 Å². The number of hydrogen-bond acceptors (Lipinski definition) is 4. The molecule has 4 N–H and O–H groups in total. The Kier molecular flexibility index (Phi) is 7.77. The molecule has 17 heavy (non-hydrogen) atoms. The fraction of sp³-hybridized carbons (Fsp3) is 1.00. The van der Waals surface area contributed by atoms with Crippen LogP contribution in [0.2, 0.25) is 0 Å². The molecule has 4 heteroatoms. The third kappa shape index (κ3) is 5.82. The molecule has 0 bridgehead atoms. The highest BCUT2D eigenvalue weighted by atomic mass is 15.0. The Bertz CT molecular complexity index is 164.